The van der Waals surface area contributed by atoms with Crippen LogP contribution in [0.4, 0.5) is 5.69 Å². The fourth-order valence-electron chi connectivity index (χ4n) is 3.60. The molecule has 172 valence electrons. The molecule has 0 saturated carbocycles. The van der Waals surface area contributed by atoms with Crippen LogP contribution in [-0.2, 0) is 14.8 Å². The first-order valence-electron chi connectivity index (χ1n) is 10.6. The Morgan fingerprint density at radius 1 is 1.06 bits per heavy atom. The summed E-state index contributed by atoms with van der Waals surface area (Å²) in [6.45, 7) is 3.01. The van der Waals surface area contributed by atoms with Gasteiger partial charge < -0.3 is 15.4 Å². The predicted molar refractivity (Wildman–Crippen MR) is 122 cm³/mol. The number of amides is 2. The van der Waals surface area contributed by atoms with Gasteiger partial charge in [0, 0.05) is 37.3 Å². The maximum Gasteiger partial charge on any atom is 0.251 e. The van der Waals surface area contributed by atoms with Crippen molar-refractivity contribution < 1.29 is 22.7 Å². The molecule has 0 spiro atoms. The lowest BCUT2D eigenvalue weighted by molar-refractivity contribution is -0.116. The van der Waals surface area contributed by atoms with Gasteiger partial charge in [0.05, 0.1) is 7.11 Å². The van der Waals surface area contributed by atoms with Crippen LogP contribution in [0.25, 0.3) is 0 Å². The van der Waals surface area contributed by atoms with E-state index in [1.165, 1.54) is 23.5 Å². The molecule has 1 fully saturated rings. The number of hydrogen-bond acceptors (Lipinski definition) is 5. The molecule has 2 N–H and O–H groups in total. The van der Waals surface area contributed by atoms with Crippen molar-refractivity contribution in [3.8, 4) is 5.75 Å². The van der Waals surface area contributed by atoms with Gasteiger partial charge >= 0.3 is 0 Å². The predicted octanol–water partition coefficient (Wildman–Crippen LogP) is 2.94. The molecule has 0 aromatic heterocycles. The number of anilines is 1. The van der Waals surface area contributed by atoms with E-state index in [2.05, 4.69) is 10.6 Å². The van der Waals surface area contributed by atoms with E-state index < -0.39 is 10.0 Å². The molecule has 9 heteroatoms. The quantitative estimate of drug-likeness (QED) is 0.632. The Kier molecular flexibility index (Phi) is 7.87. The Labute approximate surface area is 189 Å². The molecule has 1 saturated heterocycles. The first-order valence-corrected chi connectivity index (χ1v) is 12.1. The minimum atomic E-state index is -3.73. The molecular weight excluding hydrogens is 430 g/mol. The van der Waals surface area contributed by atoms with Gasteiger partial charge in [0.2, 0.25) is 15.9 Å². The van der Waals surface area contributed by atoms with Crippen LogP contribution < -0.4 is 15.4 Å². The number of aryl methyl sites for hydroxylation is 1. The van der Waals surface area contributed by atoms with Crippen LogP contribution in [0, 0.1) is 6.92 Å². The number of sulfonamides is 1. The number of carbonyl (C=O) groups is 2. The van der Waals surface area contributed by atoms with Gasteiger partial charge in [-0.3, -0.25) is 9.59 Å². The summed E-state index contributed by atoms with van der Waals surface area (Å²) < 4.78 is 32.9. The number of ether oxygens (including phenoxy) is 1. The van der Waals surface area contributed by atoms with E-state index in [4.69, 9.17) is 4.74 Å². The van der Waals surface area contributed by atoms with Crippen LogP contribution in [0.15, 0.2) is 47.4 Å². The lowest BCUT2D eigenvalue weighted by Gasteiger charge is -2.26. The highest BCUT2D eigenvalue weighted by Gasteiger charge is 2.29. The molecule has 2 aromatic carbocycles. The van der Waals surface area contributed by atoms with Gasteiger partial charge in [0.15, 0.2) is 0 Å². The molecule has 2 amide bonds. The van der Waals surface area contributed by atoms with Crippen LogP contribution in [0.2, 0.25) is 0 Å². The van der Waals surface area contributed by atoms with E-state index in [0.29, 0.717) is 24.3 Å². The summed E-state index contributed by atoms with van der Waals surface area (Å²) in [6, 6.07) is 11.7. The Hall–Kier alpha value is -2.91. The second-order valence-electron chi connectivity index (χ2n) is 7.75. The first-order chi connectivity index (χ1) is 15.3. The zero-order valence-corrected chi connectivity index (χ0v) is 19.2. The molecule has 1 heterocycles. The number of nitrogens with one attached hydrogen (secondary N) is 2. The number of nitrogens with zero attached hydrogens (tertiary/aromatic N) is 1. The molecule has 3 rings (SSSR count). The number of rotatable bonds is 8. The fourth-order valence-corrected chi connectivity index (χ4v) is 5.30. The van der Waals surface area contributed by atoms with Crippen molar-refractivity contribution in [2.24, 2.45) is 0 Å². The van der Waals surface area contributed by atoms with Gasteiger partial charge in [-0.1, -0.05) is 24.1 Å². The maximum atomic E-state index is 13.1. The standard InChI is InChI=1S/C23H29N3O5S/c1-17-7-6-8-18(15-17)23(28)24-12-11-22(27)25-19-9-10-20(31-2)21(16-19)32(29,30)26-13-4-3-5-14-26/h6-10,15-16H,3-5,11-14H2,1-2H3,(H,24,28)(H,25,27). The average molecular weight is 460 g/mol. The van der Waals surface area contributed by atoms with Crippen LogP contribution >= 0.6 is 0 Å². The Balaban J connectivity index is 1.62. The SMILES string of the molecule is COc1ccc(NC(=O)CCNC(=O)c2cccc(C)c2)cc1S(=O)(=O)N1CCCCC1. The Bertz CT molecular complexity index is 1080. The molecular formula is C23H29N3O5S. The van der Waals surface area contributed by atoms with E-state index in [1.807, 2.05) is 13.0 Å². The first kappa shape index (κ1) is 23.7. The summed E-state index contributed by atoms with van der Waals surface area (Å²) in [7, 11) is -2.31. The van der Waals surface area contributed by atoms with Crippen molar-refractivity contribution in [1.29, 1.82) is 0 Å². The normalized spacial score (nSPS) is 14.6. The van der Waals surface area contributed by atoms with Crippen LogP contribution in [0.1, 0.15) is 41.6 Å². The summed E-state index contributed by atoms with van der Waals surface area (Å²) in [6.07, 6.45) is 2.72. The third-order valence-electron chi connectivity index (χ3n) is 5.30. The average Bonchev–Trinajstić information content (AvgIpc) is 2.79. The number of hydrogen-bond donors (Lipinski definition) is 2. The van der Waals surface area contributed by atoms with Crippen molar-refractivity contribution in [2.45, 2.75) is 37.5 Å². The summed E-state index contributed by atoms with van der Waals surface area (Å²) in [4.78, 5) is 24.6. The Morgan fingerprint density at radius 3 is 2.50 bits per heavy atom. The van der Waals surface area contributed by atoms with Gasteiger partial charge in [-0.2, -0.15) is 4.31 Å². The van der Waals surface area contributed by atoms with Crippen molar-refractivity contribution in [3.05, 3.63) is 53.6 Å². The number of methoxy groups -OCH3 is 1. The van der Waals surface area contributed by atoms with Gasteiger partial charge in [-0.15, -0.1) is 0 Å². The van der Waals surface area contributed by atoms with Crippen LogP contribution in [0.5, 0.6) is 5.75 Å². The largest absolute Gasteiger partial charge is 0.495 e. The summed E-state index contributed by atoms with van der Waals surface area (Å²) in [5.41, 5.74) is 1.87. The zero-order chi connectivity index (χ0) is 23.1. The molecule has 1 aliphatic rings. The minimum absolute atomic E-state index is 0.0347. The van der Waals surface area contributed by atoms with E-state index in [9.17, 15) is 18.0 Å². The number of piperidine rings is 1. The van der Waals surface area contributed by atoms with Crippen LogP contribution in [-0.4, -0.2) is 51.3 Å². The van der Waals surface area contributed by atoms with Crippen molar-refractivity contribution in [3.63, 3.8) is 0 Å². The van der Waals surface area contributed by atoms with E-state index in [-0.39, 0.29) is 35.4 Å². The fraction of sp³-hybridized carbons (Fsp3) is 0.391. The summed E-state index contributed by atoms with van der Waals surface area (Å²) >= 11 is 0. The molecule has 0 bridgehead atoms. The molecule has 0 aliphatic carbocycles. The van der Waals surface area contributed by atoms with E-state index in [1.54, 1.807) is 24.3 Å². The highest BCUT2D eigenvalue weighted by molar-refractivity contribution is 7.89. The third kappa shape index (κ3) is 5.86. The van der Waals surface area contributed by atoms with Gasteiger partial charge in [0.1, 0.15) is 10.6 Å². The van der Waals surface area contributed by atoms with Gasteiger partial charge in [-0.05, 0) is 50.1 Å². The van der Waals surface area contributed by atoms with E-state index >= 15 is 0 Å². The highest BCUT2D eigenvalue weighted by Crippen LogP contribution is 2.31. The second kappa shape index (κ2) is 10.6. The van der Waals surface area contributed by atoms with Gasteiger partial charge in [0.25, 0.3) is 5.91 Å². The molecule has 0 radical (unpaired) electrons. The minimum Gasteiger partial charge on any atom is -0.495 e. The molecule has 2 aromatic rings. The van der Waals surface area contributed by atoms with Crippen molar-refractivity contribution in [2.75, 3.05) is 32.1 Å². The smallest absolute Gasteiger partial charge is 0.251 e. The second-order valence-corrected chi connectivity index (χ2v) is 9.66. The van der Waals surface area contributed by atoms with Crippen molar-refractivity contribution in [1.82, 2.24) is 9.62 Å². The topological polar surface area (TPSA) is 105 Å². The Morgan fingerprint density at radius 2 is 1.81 bits per heavy atom. The summed E-state index contributed by atoms with van der Waals surface area (Å²) in [5.74, 6) is -0.346. The maximum absolute atomic E-state index is 13.1. The lowest BCUT2D eigenvalue weighted by Crippen LogP contribution is -2.35. The molecule has 1 aliphatic heterocycles. The molecule has 0 atom stereocenters. The molecule has 8 nitrogen and oxygen atoms in total. The van der Waals surface area contributed by atoms with Crippen molar-refractivity contribution >= 4 is 27.5 Å². The van der Waals surface area contributed by atoms with E-state index in [0.717, 1.165) is 24.8 Å². The number of benzene rings is 2. The molecule has 0 unspecified atom stereocenters. The number of carbonyl (C=O) groups excluding carboxylic acids is 2. The monoisotopic (exact) mass is 459 g/mol. The van der Waals surface area contributed by atoms with Gasteiger partial charge in [-0.25, -0.2) is 8.42 Å². The highest BCUT2D eigenvalue weighted by atomic mass is 32.2. The van der Waals surface area contributed by atoms with Crippen LogP contribution in [0.3, 0.4) is 0 Å². The third-order valence-corrected chi connectivity index (χ3v) is 7.22. The zero-order valence-electron chi connectivity index (χ0n) is 18.4. The summed E-state index contributed by atoms with van der Waals surface area (Å²) in [5, 5.41) is 5.42. The lowest BCUT2D eigenvalue weighted by atomic mass is 10.1. The molecule has 32 heavy (non-hydrogen) atoms.